The molecule has 0 bridgehead atoms. The predicted octanol–water partition coefficient (Wildman–Crippen LogP) is 18.6. The zero-order valence-corrected chi connectivity index (χ0v) is 43.4. The van der Waals surface area contributed by atoms with E-state index in [1.54, 1.807) is 0 Å². The van der Waals surface area contributed by atoms with Crippen LogP contribution >= 0.6 is 0 Å². The zero-order valence-electron chi connectivity index (χ0n) is 43.4. The number of allylic oxidation sites excluding steroid dienone is 12. The van der Waals surface area contributed by atoms with Crippen molar-refractivity contribution in [3.63, 3.8) is 0 Å². The molecule has 1 atom stereocenters. The minimum atomic E-state index is -0.772. The standard InChI is InChI=1S/C60H104O6/c1-4-7-10-13-15-17-19-21-22-23-24-25-26-27-28-29-30-31-32-33-34-35-36-37-38-39-41-42-44-47-50-53-59(62)65-56-57(55-64-58(61)52-49-46-12-9-6-3)66-60(63)54-51-48-45-43-40-20-18-16-14-11-8-5-2/h7,10,15-18,21-22,24-25,27-28,57H,4-6,8-9,11-14,19-20,23,26,29-56H2,1-3H3/b10-7-,17-15-,18-16-,22-21-,25-24-,28-27-. The van der Waals surface area contributed by atoms with Gasteiger partial charge in [-0.3, -0.25) is 14.4 Å². The lowest BCUT2D eigenvalue weighted by Crippen LogP contribution is -2.30. The first-order valence-corrected chi connectivity index (χ1v) is 27.9. The van der Waals surface area contributed by atoms with E-state index in [1.165, 1.54) is 122 Å². The molecule has 0 aliphatic carbocycles. The molecule has 1 unspecified atom stereocenters. The van der Waals surface area contributed by atoms with E-state index in [0.717, 1.165) is 109 Å². The molecule has 0 aromatic carbocycles. The summed E-state index contributed by atoms with van der Waals surface area (Å²) in [5, 5.41) is 0. The van der Waals surface area contributed by atoms with Crippen LogP contribution in [0, 0.1) is 0 Å². The molecule has 0 N–H and O–H groups in total. The number of carbonyl (C=O) groups excluding carboxylic acids is 3. The topological polar surface area (TPSA) is 78.9 Å². The number of hydrogen-bond acceptors (Lipinski definition) is 6. The summed E-state index contributed by atoms with van der Waals surface area (Å²) in [4.78, 5) is 37.6. The summed E-state index contributed by atoms with van der Waals surface area (Å²) in [6, 6.07) is 0. The second-order valence-corrected chi connectivity index (χ2v) is 18.5. The van der Waals surface area contributed by atoms with Crippen LogP contribution in [0.15, 0.2) is 72.9 Å². The number of unbranched alkanes of at least 4 members (excludes halogenated alkanes) is 27. The van der Waals surface area contributed by atoms with Crippen LogP contribution in [0.3, 0.4) is 0 Å². The molecule has 66 heavy (non-hydrogen) atoms. The smallest absolute Gasteiger partial charge is 0.306 e. The molecule has 0 rings (SSSR count). The molecule has 0 fully saturated rings. The van der Waals surface area contributed by atoms with Gasteiger partial charge in [0, 0.05) is 19.3 Å². The van der Waals surface area contributed by atoms with Gasteiger partial charge in [-0.2, -0.15) is 0 Å². The minimum absolute atomic E-state index is 0.0766. The van der Waals surface area contributed by atoms with Crippen molar-refractivity contribution in [1.82, 2.24) is 0 Å². The fourth-order valence-corrected chi connectivity index (χ4v) is 7.76. The van der Waals surface area contributed by atoms with Crippen molar-refractivity contribution in [2.75, 3.05) is 13.2 Å². The van der Waals surface area contributed by atoms with Gasteiger partial charge in [-0.25, -0.2) is 0 Å². The van der Waals surface area contributed by atoms with E-state index < -0.39 is 6.10 Å². The molecule has 0 amide bonds. The molecular formula is C60H104O6. The minimum Gasteiger partial charge on any atom is -0.462 e. The molecule has 0 heterocycles. The van der Waals surface area contributed by atoms with E-state index >= 15 is 0 Å². The Hall–Kier alpha value is -3.15. The van der Waals surface area contributed by atoms with Crippen LogP contribution in [-0.4, -0.2) is 37.2 Å². The first-order valence-electron chi connectivity index (χ1n) is 27.9. The third kappa shape index (κ3) is 51.8. The van der Waals surface area contributed by atoms with Crippen molar-refractivity contribution in [3.8, 4) is 0 Å². The summed E-state index contributed by atoms with van der Waals surface area (Å²) < 4.78 is 16.7. The Bertz CT molecular complexity index is 1240. The Morgan fingerprint density at radius 3 is 0.970 bits per heavy atom. The number of esters is 3. The van der Waals surface area contributed by atoms with E-state index in [0.29, 0.717) is 19.3 Å². The Morgan fingerprint density at radius 1 is 0.318 bits per heavy atom. The molecule has 6 heteroatoms. The third-order valence-corrected chi connectivity index (χ3v) is 11.9. The van der Waals surface area contributed by atoms with Crippen molar-refractivity contribution in [2.24, 2.45) is 0 Å². The largest absolute Gasteiger partial charge is 0.462 e. The Kier molecular flexibility index (Phi) is 51.9. The van der Waals surface area contributed by atoms with Gasteiger partial charge in [-0.15, -0.1) is 0 Å². The van der Waals surface area contributed by atoms with Crippen LogP contribution in [-0.2, 0) is 28.6 Å². The van der Waals surface area contributed by atoms with Crippen molar-refractivity contribution in [1.29, 1.82) is 0 Å². The van der Waals surface area contributed by atoms with Crippen molar-refractivity contribution in [2.45, 2.75) is 277 Å². The summed E-state index contributed by atoms with van der Waals surface area (Å²) in [6.45, 7) is 6.42. The number of rotatable bonds is 50. The SMILES string of the molecule is CC/C=C\C/C=C\C/C=C\C/C=C\C/C=C\CCCCCCCCCCCCCCCCCC(=O)OCC(COC(=O)CCCCCCC)OC(=O)CCCCCCC/C=C\CCCCC. The Morgan fingerprint density at radius 2 is 0.591 bits per heavy atom. The van der Waals surface area contributed by atoms with Gasteiger partial charge in [0.15, 0.2) is 6.10 Å². The average Bonchev–Trinajstić information content (AvgIpc) is 3.31. The molecule has 6 nitrogen and oxygen atoms in total. The van der Waals surface area contributed by atoms with Gasteiger partial charge in [0.1, 0.15) is 13.2 Å². The zero-order chi connectivity index (χ0) is 47.9. The van der Waals surface area contributed by atoms with E-state index in [2.05, 4.69) is 93.7 Å². The molecule has 0 aliphatic rings. The second-order valence-electron chi connectivity index (χ2n) is 18.5. The summed E-state index contributed by atoms with van der Waals surface area (Å²) in [6.07, 6.45) is 69.5. The van der Waals surface area contributed by atoms with Crippen LogP contribution in [0.5, 0.6) is 0 Å². The van der Waals surface area contributed by atoms with Crippen LogP contribution in [0.4, 0.5) is 0 Å². The normalized spacial score (nSPS) is 12.6. The summed E-state index contributed by atoms with van der Waals surface area (Å²) in [5.74, 6) is -0.896. The van der Waals surface area contributed by atoms with Crippen molar-refractivity contribution < 1.29 is 28.6 Å². The van der Waals surface area contributed by atoms with E-state index in [-0.39, 0.29) is 31.1 Å². The third-order valence-electron chi connectivity index (χ3n) is 11.9. The van der Waals surface area contributed by atoms with E-state index in [1.807, 2.05) is 0 Å². The molecule has 0 spiro atoms. The van der Waals surface area contributed by atoms with E-state index in [4.69, 9.17) is 14.2 Å². The molecule has 0 radical (unpaired) electrons. The van der Waals surface area contributed by atoms with Gasteiger partial charge in [-0.1, -0.05) is 235 Å². The Balaban J connectivity index is 3.95. The lowest BCUT2D eigenvalue weighted by Gasteiger charge is -2.18. The average molecular weight is 921 g/mol. The quantitative estimate of drug-likeness (QED) is 0.0262. The maximum Gasteiger partial charge on any atom is 0.306 e. The highest BCUT2D eigenvalue weighted by Crippen LogP contribution is 2.16. The molecule has 0 aromatic rings. The molecule has 380 valence electrons. The van der Waals surface area contributed by atoms with Gasteiger partial charge >= 0.3 is 17.9 Å². The first-order chi connectivity index (χ1) is 32.5. The number of carbonyl (C=O) groups is 3. The molecule has 0 saturated heterocycles. The fourth-order valence-electron chi connectivity index (χ4n) is 7.76. The Labute approximate surface area is 408 Å². The second kappa shape index (κ2) is 54.5. The van der Waals surface area contributed by atoms with Crippen LogP contribution in [0.1, 0.15) is 271 Å². The summed E-state index contributed by atoms with van der Waals surface area (Å²) in [5.41, 5.74) is 0. The van der Waals surface area contributed by atoms with Crippen LogP contribution in [0.2, 0.25) is 0 Å². The summed E-state index contributed by atoms with van der Waals surface area (Å²) in [7, 11) is 0. The monoisotopic (exact) mass is 921 g/mol. The number of hydrogen-bond donors (Lipinski definition) is 0. The lowest BCUT2D eigenvalue weighted by molar-refractivity contribution is -0.167. The van der Waals surface area contributed by atoms with Crippen molar-refractivity contribution >= 4 is 17.9 Å². The van der Waals surface area contributed by atoms with Gasteiger partial charge in [-0.05, 0) is 89.9 Å². The molecule has 0 aromatic heterocycles. The first kappa shape index (κ1) is 62.8. The van der Waals surface area contributed by atoms with Crippen molar-refractivity contribution in [3.05, 3.63) is 72.9 Å². The van der Waals surface area contributed by atoms with Gasteiger partial charge in [0.25, 0.3) is 0 Å². The van der Waals surface area contributed by atoms with Crippen LogP contribution in [0.25, 0.3) is 0 Å². The molecule has 0 aliphatic heterocycles. The highest BCUT2D eigenvalue weighted by Gasteiger charge is 2.19. The predicted molar refractivity (Wildman–Crippen MR) is 284 cm³/mol. The highest BCUT2D eigenvalue weighted by molar-refractivity contribution is 5.71. The van der Waals surface area contributed by atoms with Crippen LogP contribution < -0.4 is 0 Å². The lowest BCUT2D eigenvalue weighted by atomic mass is 10.0. The summed E-state index contributed by atoms with van der Waals surface area (Å²) >= 11 is 0. The maximum atomic E-state index is 12.7. The number of ether oxygens (including phenoxy) is 3. The highest BCUT2D eigenvalue weighted by atomic mass is 16.6. The van der Waals surface area contributed by atoms with Gasteiger partial charge < -0.3 is 14.2 Å². The molecule has 0 saturated carbocycles. The van der Waals surface area contributed by atoms with Gasteiger partial charge in [0.2, 0.25) is 0 Å². The molecular weight excluding hydrogens is 817 g/mol. The van der Waals surface area contributed by atoms with E-state index in [9.17, 15) is 14.4 Å². The maximum absolute atomic E-state index is 12.7. The van der Waals surface area contributed by atoms with Gasteiger partial charge in [0.05, 0.1) is 0 Å². The fraction of sp³-hybridized carbons (Fsp3) is 0.750.